The number of pyridine rings is 1. The molecule has 1 atom stereocenters. The third kappa shape index (κ3) is 2.73. The Labute approximate surface area is 160 Å². The summed E-state index contributed by atoms with van der Waals surface area (Å²) in [5.41, 5.74) is 0.700. The maximum absolute atomic E-state index is 13.1. The molecule has 2 aliphatic heterocycles. The lowest BCUT2D eigenvalue weighted by Crippen LogP contribution is -2.44. The first-order chi connectivity index (χ1) is 12.9. The maximum Gasteiger partial charge on any atom is 0.341 e. The molecule has 0 aliphatic carbocycles. The van der Waals surface area contributed by atoms with Crippen LogP contribution in [0.4, 0.5) is 5.69 Å². The number of aromatic nitrogens is 1. The molecular weight excluding hydrogens is 370 g/mol. The average Bonchev–Trinajstić information content (AvgIpc) is 2.66. The van der Waals surface area contributed by atoms with Crippen LogP contribution in [0.3, 0.4) is 0 Å². The number of nitrogens with zero attached hydrogens (tertiary/aromatic N) is 2. The lowest BCUT2D eigenvalue weighted by molar-refractivity contribution is 0.0694. The summed E-state index contributed by atoms with van der Waals surface area (Å²) in [6, 6.07) is 1.34. The Balaban J connectivity index is 2.12. The van der Waals surface area contributed by atoms with E-state index in [1.54, 1.807) is 4.57 Å². The monoisotopic (exact) mass is 389 g/mol. The third-order valence-corrected chi connectivity index (χ3v) is 5.76. The van der Waals surface area contributed by atoms with Gasteiger partial charge < -0.3 is 19.9 Å². The number of anilines is 1. The van der Waals surface area contributed by atoms with Crippen LogP contribution < -0.4 is 15.6 Å². The van der Waals surface area contributed by atoms with Crippen molar-refractivity contribution in [2.24, 2.45) is 0 Å². The van der Waals surface area contributed by atoms with Gasteiger partial charge in [-0.25, -0.2) is 4.79 Å². The van der Waals surface area contributed by atoms with Crippen molar-refractivity contribution in [2.75, 3.05) is 31.1 Å². The fraction of sp³-hybridized carbons (Fsp3) is 0.421. The van der Waals surface area contributed by atoms with E-state index in [0.717, 1.165) is 13.1 Å². The van der Waals surface area contributed by atoms with Crippen molar-refractivity contribution in [3.8, 4) is 0 Å². The fourth-order valence-corrected chi connectivity index (χ4v) is 4.46. The molecule has 0 bridgehead atoms. The molecule has 0 spiro atoms. The Bertz CT molecular complexity index is 1020. The van der Waals surface area contributed by atoms with Gasteiger partial charge in [0.15, 0.2) is 5.78 Å². The third-order valence-electron chi connectivity index (χ3n) is 5.47. The number of aromatic carboxylic acids is 1. The molecule has 27 heavy (non-hydrogen) atoms. The summed E-state index contributed by atoms with van der Waals surface area (Å²) < 4.78 is 1.79. The van der Waals surface area contributed by atoms with Crippen molar-refractivity contribution < 1.29 is 14.7 Å². The van der Waals surface area contributed by atoms with Gasteiger partial charge in [-0.15, -0.1) is 0 Å². The number of hydrogen-bond donors (Lipinski definition) is 2. The summed E-state index contributed by atoms with van der Waals surface area (Å²) in [6.45, 7) is 4.93. The molecule has 1 saturated heterocycles. The molecule has 0 saturated carbocycles. The van der Waals surface area contributed by atoms with Gasteiger partial charge in [-0.3, -0.25) is 9.59 Å². The number of halogens is 1. The second-order valence-corrected chi connectivity index (χ2v) is 7.40. The highest BCUT2D eigenvalue weighted by atomic mass is 35.5. The summed E-state index contributed by atoms with van der Waals surface area (Å²) in [6.07, 6.45) is 2.31. The van der Waals surface area contributed by atoms with Crippen molar-refractivity contribution in [1.29, 1.82) is 0 Å². The van der Waals surface area contributed by atoms with E-state index in [1.165, 1.54) is 12.3 Å². The second-order valence-electron chi connectivity index (χ2n) is 6.99. The van der Waals surface area contributed by atoms with Crippen molar-refractivity contribution >= 4 is 39.9 Å². The highest BCUT2D eigenvalue weighted by molar-refractivity contribution is 6.36. The molecule has 142 valence electrons. The highest BCUT2D eigenvalue weighted by Crippen LogP contribution is 2.41. The summed E-state index contributed by atoms with van der Waals surface area (Å²) in [5.74, 6) is -1.33. The van der Waals surface area contributed by atoms with Gasteiger partial charge in [0.2, 0.25) is 5.43 Å². The molecule has 8 heteroatoms. The van der Waals surface area contributed by atoms with E-state index in [4.69, 9.17) is 11.6 Å². The van der Waals surface area contributed by atoms with E-state index in [0.29, 0.717) is 41.3 Å². The van der Waals surface area contributed by atoms with Crippen molar-refractivity contribution in [1.82, 2.24) is 9.88 Å². The molecule has 3 heterocycles. The average molecular weight is 390 g/mol. The van der Waals surface area contributed by atoms with Gasteiger partial charge in [-0.05, 0) is 12.5 Å². The van der Waals surface area contributed by atoms with Gasteiger partial charge in [0.1, 0.15) is 5.56 Å². The number of benzene rings is 1. The molecule has 0 amide bonds. The second kappa shape index (κ2) is 6.65. The molecule has 7 nitrogen and oxygen atoms in total. The minimum atomic E-state index is -1.28. The van der Waals surface area contributed by atoms with Gasteiger partial charge in [-0.2, -0.15) is 0 Å². The van der Waals surface area contributed by atoms with Crippen LogP contribution in [0.2, 0.25) is 5.02 Å². The van der Waals surface area contributed by atoms with E-state index in [1.807, 2.05) is 6.92 Å². The standard InChI is InChI=1S/C19H20ClN3O4/c1-2-10-7-14(24)15-16-11(18(25)12(19(26)27)9-23(10)16)8-13(20)17(15)22-5-3-21-4-6-22/h8-10,21H,2-7H2,1H3,(H,26,27). The summed E-state index contributed by atoms with van der Waals surface area (Å²) in [5, 5.41) is 13.2. The first kappa shape index (κ1) is 18.0. The van der Waals surface area contributed by atoms with Crippen LogP contribution in [0.25, 0.3) is 10.9 Å². The number of carboxylic acid groups (broad SMARTS) is 1. The molecule has 1 unspecified atom stereocenters. The number of carboxylic acids is 1. The molecule has 4 rings (SSSR count). The summed E-state index contributed by atoms with van der Waals surface area (Å²) in [4.78, 5) is 39.5. The first-order valence-corrected chi connectivity index (χ1v) is 9.45. The molecule has 0 radical (unpaired) electrons. The van der Waals surface area contributed by atoms with E-state index in [9.17, 15) is 19.5 Å². The van der Waals surface area contributed by atoms with Gasteiger partial charge in [-0.1, -0.05) is 18.5 Å². The zero-order valence-electron chi connectivity index (χ0n) is 14.9. The van der Waals surface area contributed by atoms with Crippen LogP contribution in [-0.2, 0) is 0 Å². The van der Waals surface area contributed by atoms with E-state index in [-0.39, 0.29) is 29.2 Å². The van der Waals surface area contributed by atoms with Crippen LogP contribution in [0.5, 0.6) is 0 Å². The van der Waals surface area contributed by atoms with Crippen molar-refractivity contribution in [2.45, 2.75) is 25.8 Å². The smallest absolute Gasteiger partial charge is 0.341 e. The zero-order valence-corrected chi connectivity index (χ0v) is 15.7. The molecule has 2 N–H and O–H groups in total. The summed E-state index contributed by atoms with van der Waals surface area (Å²) in [7, 11) is 0. The molecular formula is C19H20ClN3O4. The predicted molar refractivity (Wildman–Crippen MR) is 104 cm³/mol. The number of rotatable bonds is 3. The van der Waals surface area contributed by atoms with Gasteiger partial charge in [0, 0.05) is 50.2 Å². The van der Waals surface area contributed by atoms with E-state index < -0.39 is 11.4 Å². The van der Waals surface area contributed by atoms with Crippen LogP contribution in [0, 0.1) is 0 Å². The van der Waals surface area contributed by atoms with E-state index >= 15 is 0 Å². The van der Waals surface area contributed by atoms with Gasteiger partial charge in [0.25, 0.3) is 0 Å². The SMILES string of the molecule is CCC1CC(=O)c2c(N3CCNCC3)c(Cl)cc3c(=O)c(C(=O)O)cn1c23. The molecule has 1 aromatic carbocycles. The first-order valence-electron chi connectivity index (χ1n) is 9.07. The zero-order chi connectivity index (χ0) is 19.3. The molecule has 2 aromatic rings. The Morgan fingerprint density at radius 2 is 2.04 bits per heavy atom. The van der Waals surface area contributed by atoms with Crippen molar-refractivity contribution in [3.63, 3.8) is 0 Å². The minimum absolute atomic E-state index is 0.0506. The molecule has 2 aliphatic rings. The lowest BCUT2D eigenvalue weighted by Gasteiger charge is -2.35. The fourth-order valence-electron chi connectivity index (χ4n) is 4.14. The summed E-state index contributed by atoms with van der Waals surface area (Å²) >= 11 is 6.53. The molecule has 1 aromatic heterocycles. The van der Waals surface area contributed by atoms with Crippen LogP contribution in [0.15, 0.2) is 17.1 Å². The number of hydrogen-bond acceptors (Lipinski definition) is 5. The number of piperazine rings is 1. The largest absolute Gasteiger partial charge is 0.477 e. The maximum atomic E-state index is 13.1. The van der Waals surface area contributed by atoms with Crippen LogP contribution in [0.1, 0.15) is 46.5 Å². The Morgan fingerprint density at radius 3 is 2.67 bits per heavy atom. The number of carbonyl (C=O) groups is 2. The predicted octanol–water partition coefficient (Wildman–Crippen LogP) is 2.30. The number of carbonyl (C=O) groups excluding carboxylic acids is 1. The molecule has 1 fully saturated rings. The number of Topliss-reactive ketones (excluding diaryl/α,β-unsaturated/α-hetero) is 1. The van der Waals surface area contributed by atoms with Crippen LogP contribution >= 0.6 is 11.6 Å². The van der Waals surface area contributed by atoms with Gasteiger partial charge in [0.05, 0.1) is 21.8 Å². The quantitative estimate of drug-likeness (QED) is 0.836. The topological polar surface area (TPSA) is 91.6 Å². The number of nitrogens with one attached hydrogen (secondary N) is 1. The van der Waals surface area contributed by atoms with Gasteiger partial charge >= 0.3 is 5.97 Å². The minimum Gasteiger partial charge on any atom is -0.477 e. The van der Waals surface area contributed by atoms with Crippen molar-refractivity contribution in [3.05, 3.63) is 38.6 Å². The normalized spacial score (nSPS) is 19.6. The number of ketones is 1. The highest BCUT2D eigenvalue weighted by Gasteiger charge is 2.33. The van der Waals surface area contributed by atoms with Crippen LogP contribution in [-0.4, -0.2) is 47.6 Å². The van der Waals surface area contributed by atoms with E-state index in [2.05, 4.69) is 10.2 Å². The lowest BCUT2D eigenvalue weighted by atomic mass is 9.91. The Hall–Kier alpha value is -2.38. The Morgan fingerprint density at radius 1 is 1.33 bits per heavy atom. The Kier molecular flexibility index (Phi) is 4.44.